The third-order valence-corrected chi connectivity index (χ3v) is 2.51. The van der Waals surface area contributed by atoms with Crippen LogP contribution < -0.4 is 4.90 Å². The molecule has 5 nitrogen and oxygen atoms in total. The number of carboxylic acid groups (broad SMARTS) is 1. The van der Waals surface area contributed by atoms with Crippen molar-refractivity contribution in [3.8, 4) is 0 Å². The maximum atomic E-state index is 10.8. The smallest absolute Gasteiger partial charge is 0.338 e. The Morgan fingerprint density at radius 1 is 1.64 bits per heavy atom. The number of nitrogens with zero attached hydrogens (tertiary/aromatic N) is 2. The molecule has 0 bridgehead atoms. The second-order valence-corrected chi connectivity index (χ2v) is 3.52. The first-order chi connectivity index (χ1) is 6.68. The van der Waals surface area contributed by atoms with Gasteiger partial charge in [0.2, 0.25) is 0 Å². The van der Waals surface area contributed by atoms with Crippen LogP contribution in [-0.4, -0.2) is 34.4 Å². The molecule has 0 amide bonds. The van der Waals surface area contributed by atoms with Crippen LogP contribution in [0.2, 0.25) is 0 Å². The first-order valence-electron chi connectivity index (χ1n) is 4.26. The van der Waals surface area contributed by atoms with E-state index in [0.717, 1.165) is 19.5 Å². The normalized spacial score (nSPS) is 15.0. The van der Waals surface area contributed by atoms with Crippen molar-refractivity contribution in [2.75, 3.05) is 18.0 Å². The molecule has 74 valence electrons. The van der Waals surface area contributed by atoms with Crippen LogP contribution in [0.3, 0.4) is 0 Å². The lowest BCUT2D eigenvalue weighted by molar-refractivity contribution is 0.0695. The number of aromatic carboxylic acids is 1. The van der Waals surface area contributed by atoms with Crippen molar-refractivity contribution in [1.29, 1.82) is 0 Å². The quantitative estimate of drug-likeness (QED) is 0.715. The topological polar surface area (TPSA) is 69.2 Å². The van der Waals surface area contributed by atoms with Gasteiger partial charge in [0, 0.05) is 13.1 Å². The highest BCUT2D eigenvalue weighted by Crippen LogP contribution is 2.18. The van der Waals surface area contributed by atoms with E-state index < -0.39 is 5.97 Å². The minimum absolute atomic E-state index is 0.108. The van der Waals surface area contributed by atoms with Crippen molar-refractivity contribution < 1.29 is 9.90 Å². The Morgan fingerprint density at radius 3 is 2.86 bits per heavy atom. The fraction of sp³-hybridized carbons (Fsp3) is 0.375. The minimum atomic E-state index is -1.02. The molecular weight excluding hydrogens is 202 g/mol. The van der Waals surface area contributed by atoms with Crippen molar-refractivity contribution in [2.45, 2.75) is 6.42 Å². The highest BCUT2D eigenvalue weighted by atomic mass is 32.1. The Hall–Kier alpha value is -1.43. The van der Waals surface area contributed by atoms with Crippen molar-refractivity contribution in [3.05, 3.63) is 16.3 Å². The standard InChI is InChI=1S/C8H9N3O2S/c12-8(13)5-4-6(9-10-7(5)14)11-2-1-3-11/h4H,1-3H2,(H,10,14)(H,12,13). The number of aromatic nitrogens is 2. The van der Waals surface area contributed by atoms with Gasteiger partial charge < -0.3 is 10.0 Å². The van der Waals surface area contributed by atoms with Gasteiger partial charge >= 0.3 is 5.97 Å². The van der Waals surface area contributed by atoms with Crippen molar-refractivity contribution in [1.82, 2.24) is 10.2 Å². The second kappa shape index (κ2) is 3.38. The molecule has 1 fully saturated rings. The number of aromatic amines is 1. The monoisotopic (exact) mass is 211 g/mol. The lowest BCUT2D eigenvalue weighted by atomic mass is 10.2. The molecule has 0 radical (unpaired) electrons. The van der Waals surface area contributed by atoms with Gasteiger partial charge in [0.05, 0.1) is 5.56 Å². The van der Waals surface area contributed by atoms with E-state index in [1.165, 1.54) is 6.07 Å². The largest absolute Gasteiger partial charge is 0.478 e. The molecule has 0 atom stereocenters. The van der Waals surface area contributed by atoms with E-state index in [1.807, 2.05) is 4.90 Å². The fourth-order valence-corrected chi connectivity index (χ4v) is 1.45. The predicted octanol–water partition coefficient (Wildman–Crippen LogP) is 1.05. The van der Waals surface area contributed by atoms with Gasteiger partial charge in [-0.15, -0.1) is 0 Å². The third kappa shape index (κ3) is 1.48. The molecule has 0 unspecified atom stereocenters. The van der Waals surface area contributed by atoms with Gasteiger partial charge in [-0.1, -0.05) is 12.2 Å². The summed E-state index contributed by atoms with van der Waals surface area (Å²) < 4.78 is 0.168. The Balaban J connectivity index is 2.40. The van der Waals surface area contributed by atoms with Crippen molar-refractivity contribution in [3.63, 3.8) is 0 Å². The van der Waals surface area contributed by atoms with E-state index in [4.69, 9.17) is 17.3 Å². The fourth-order valence-electron chi connectivity index (χ4n) is 1.26. The van der Waals surface area contributed by atoms with Crippen molar-refractivity contribution >= 4 is 24.0 Å². The van der Waals surface area contributed by atoms with Crippen LogP contribution in [0.1, 0.15) is 16.8 Å². The van der Waals surface area contributed by atoms with Crippen LogP contribution in [0, 0.1) is 4.64 Å². The Morgan fingerprint density at radius 2 is 2.36 bits per heavy atom. The lowest BCUT2D eigenvalue weighted by Gasteiger charge is -2.31. The summed E-state index contributed by atoms with van der Waals surface area (Å²) in [6.45, 7) is 1.85. The minimum Gasteiger partial charge on any atom is -0.478 e. The van der Waals surface area contributed by atoms with Crippen LogP contribution in [0.5, 0.6) is 0 Å². The molecule has 0 saturated carbocycles. The number of nitrogens with one attached hydrogen (secondary N) is 1. The van der Waals surface area contributed by atoms with Crippen LogP contribution in [0.4, 0.5) is 5.82 Å². The number of H-pyrrole nitrogens is 1. The van der Waals surface area contributed by atoms with E-state index in [0.29, 0.717) is 5.82 Å². The summed E-state index contributed by atoms with van der Waals surface area (Å²) in [6, 6.07) is 1.51. The summed E-state index contributed by atoms with van der Waals surface area (Å²) in [7, 11) is 0. The van der Waals surface area contributed by atoms with Gasteiger partial charge in [0.1, 0.15) is 10.5 Å². The number of carboxylic acids is 1. The number of hydrogen-bond donors (Lipinski definition) is 2. The van der Waals surface area contributed by atoms with Gasteiger partial charge in [-0.2, -0.15) is 5.10 Å². The second-order valence-electron chi connectivity index (χ2n) is 3.11. The molecule has 6 heteroatoms. The Bertz CT molecular complexity index is 425. The first-order valence-corrected chi connectivity index (χ1v) is 4.67. The van der Waals surface area contributed by atoms with Crippen LogP contribution in [0.25, 0.3) is 0 Å². The average molecular weight is 211 g/mol. The maximum absolute atomic E-state index is 10.8. The van der Waals surface area contributed by atoms with E-state index in [-0.39, 0.29) is 10.2 Å². The molecule has 14 heavy (non-hydrogen) atoms. The molecule has 2 heterocycles. The summed E-state index contributed by atoms with van der Waals surface area (Å²) >= 11 is 4.81. The lowest BCUT2D eigenvalue weighted by Crippen LogP contribution is -2.37. The van der Waals surface area contributed by atoms with E-state index in [1.54, 1.807) is 0 Å². The summed E-state index contributed by atoms with van der Waals surface area (Å²) in [5, 5.41) is 15.3. The molecule has 0 spiro atoms. The maximum Gasteiger partial charge on any atom is 0.338 e. The van der Waals surface area contributed by atoms with Crippen LogP contribution in [0.15, 0.2) is 6.07 Å². The molecular formula is C8H9N3O2S. The van der Waals surface area contributed by atoms with Crippen LogP contribution >= 0.6 is 12.2 Å². The molecule has 1 aliphatic heterocycles. The number of rotatable bonds is 2. The van der Waals surface area contributed by atoms with E-state index in [9.17, 15) is 4.79 Å². The first kappa shape index (κ1) is 9.14. The molecule has 1 aromatic heterocycles. The highest BCUT2D eigenvalue weighted by Gasteiger charge is 2.18. The highest BCUT2D eigenvalue weighted by molar-refractivity contribution is 7.71. The summed E-state index contributed by atoms with van der Waals surface area (Å²) in [5.41, 5.74) is 0.108. The molecule has 2 N–H and O–H groups in total. The molecule has 1 aromatic rings. The van der Waals surface area contributed by atoms with Crippen molar-refractivity contribution in [2.24, 2.45) is 0 Å². The molecule has 0 aromatic carbocycles. The number of hydrogen-bond acceptors (Lipinski definition) is 4. The Labute approximate surface area is 85.4 Å². The Kier molecular flexibility index (Phi) is 2.20. The number of anilines is 1. The molecule has 1 aliphatic rings. The number of carbonyl (C=O) groups is 1. The van der Waals surface area contributed by atoms with E-state index >= 15 is 0 Å². The van der Waals surface area contributed by atoms with E-state index in [2.05, 4.69) is 10.2 Å². The molecule has 2 rings (SSSR count). The molecule has 0 aliphatic carbocycles. The van der Waals surface area contributed by atoms with Gasteiger partial charge in [0.25, 0.3) is 0 Å². The zero-order chi connectivity index (χ0) is 10.1. The average Bonchev–Trinajstić information content (AvgIpc) is 2.04. The predicted molar refractivity (Wildman–Crippen MR) is 53.2 cm³/mol. The summed E-state index contributed by atoms with van der Waals surface area (Å²) in [6.07, 6.45) is 1.12. The van der Waals surface area contributed by atoms with Gasteiger partial charge in [-0.25, -0.2) is 4.79 Å². The SMILES string of the molecule is O=C(O)c1cc(N2CCC2)n[nH]c1=S. The van der Waals surface area contributed by atoms with Crippen LogP contribution in [-0.2, 0) is 0 Å². The van der Waals surface area contributed by atoms with Gasteiger partial charge in [-0.05, 0) is 12.5 Å². The molecule has 1 saturated heterocycles. The van der Waals surface area contributed by atoms with Gasteiger partial charge in [0.15, 0.2) is 0 Å². The summed E-state index contributed by atoms with van der Waals surface area (Å²) in [4.78, 5) is 12.8. The summed E-state index contributed by atoms with van der Waals surface area (Å²) in [5.74, 6) is -0.363. The van der Waals surface area contributed by atoms with Gasteiger partial charge in [-0.3, -0.25) is 5.10 Å². The third-order valence-electron chi connectivity index (χ3n) is 2.20. The zero-order valence-corrected chi connectivity index (χ0v) is 8.17. The zero-order valence-electron chi connectivity index (χ0n) is 7.36.